The van der Waals surface area contributed by atoms with Crippen LogP contribution in [0.3, 0.4) is 0 Å². The lowest BCUT2D eigenvalue weighted by atomic mass is 10.00. The normalized spacial score (nSPS) is 19.5. The van der Waals surface area contributed by atoms with Crippen molar-refractivity contribution in [2.75, 3.05) is 0 Å². The molecule has 1 atom stereocenters. The molecule has 1 aliphatic rings. The Kier molecular flexibility index (Phi) is 3.17. The fourth-order valence-corrected chi connectivity index (χ4v) is 1.18. The van der Waals surface area contributed by atoms with Crippen molar-refractivity contribution in [2.45, 2.75) is 25.3 Å². The molecule has 0 amide bonds. The Morgan fingerprint density at radius 2 is 2.25 bits per heavy atom. The second kappa shape index (κ2) is 4.16. The summed E-state index contributed by atoms with van der Waals surface area (Å²) in [6.07, 6.45) is 5.88. The van der Waals surface area contributed by atoms with Crippen LogP contribution in [0.4, 0.5) is 4.39 Å². The highest BCUT2D eigenvalue weighted by molar-refractivity contribution is 5.58. The summed E-state index contributed by atoms with van der Waals surface area (Å²) >= 11 is 0. The number of carbonyl (C=O) groups excluding carboxylic acids is 1. The van der Waals surface area contributed by atoms with Gasteiger partial charge in [0.2, 0.25) is 0 Å². The third kappa shape index (κ3) is 2.27. The van der Waals surface area contributed by atoms with E-state index in [0.717, 1.165) is 12.8 Å². The molecule has 3 heteroatoms. The highest BCUT2D eigenvalue weighted by Crippen LogP contribution is 2.22. The van der Waals surface area contributed by atoms with Gasteiger partial charge in [-0.1, -0.05) is 6.08 Å². The van der Waals surface area contributed by atoms with Crippen molar-refractivity contribution >= 4 is 6.29 Å². The van der Waals surface area contributed by atoms with Crippen LogP contribution in [0.25, 0.3) is 0 Å². The predicted molar refractivity (Wildman–Crippen MR) is 45.2 cm³/mol. The van der Waals surface area contributed by atoms with Crippen molar-refractivity contribution in [2.24, 2.45) is 5.73 Å². The summed E-state index contributed by atoms with van der Waals surface area (Å²) in [6, 6.07) is -0.575. The first-order valence-electron chi connectivity index (χ1n) is 4.00. The van der Waals surface area contributed by atoms with Crippen molar-refractivity contribution in [1.82, 2.24) is 0 Å². The van der Waals surface area contributed by atoms with Gasteiger partial charge in [0.1, 0.15) is 12.1 Å². The zero-order valence-corrected chi connectivity index (χ0v) is 6.79. The number of hydrogen-bond acceptors (Lipinski definition) is 2. The van der Waals surface area contributed by atoms with E-state index in [9.17, 15) is 9.18 Å². The third-order valence-corrected chi connectivity index (χ3v) is 1.82. The number of aldehydes is 1. The van der Waals surface area contributed by atoms with Gasteiger partial charge >= 0.3 is 0 Å². The van der Waals surface area contributed by atoms with Gasteiger partial charge in [-0.3, -0.25) is 0 Å². The van der Waals surface area contributed by atoms with Crippen molar-refractivity contribution in [3.8, 4) is 0 Å². The molecule has 0 saturated carbocycles. The molecule has 0 aliphatic heterocycles. The summed E-state index contributed by atoms with van der Waals surface area (Å²) in [5.74, 6) is -0.224. The van der Waals surface area contributed by atoms with Gasteiger partial charge in [-0.25, -0.2) is 4.39 Å². The van der Waals surface area contributed by atoms with E-state index in [4.69, 9.17) is 5.73 Å². The Balaban J connectivity index is 2.56. The van der Waals surface area contributed by atoms with Gasteiger partial charge in [0.15, 0.2) is 0 Å². The van der Waals surface area contributed by atoms with E-state index in [1.54, 1.807) is 6.08 Å². The second-order valence-corrected chi connectivity index (χ2v) is 2.86. The minimum Gasteiger partial charge on any atom is -0.321 e. The smallest absolute Gasteiger partial charge is 0.137 e. The highest BCUT2D eigenvalue weighted by Gasteiger charge is 2.11. The van der Waals surface area contributed by atoms with Crippen LogP contribution < -0.4 is 5.73 Å². The summed E-state index contributed by atoms with van der Waals surface area (Å²) in [5, 5.41) is 0. The Labute approximate surface area is 70.9 Å². The number of halogens is 1. The average molecular weight is 169 g/mol. The first-order valence-corrected chi connectivity index (χ1v) is 4.00. The van der Waals surface area contributed by atoms with Crippen molar-refractivity contribution < 1.29 is 9.18 Å². The zero-order valence-electron chi connectivity index (χ0n) is 6.79. The van der Waals surface area contributed by atoms with Gasteiger partial charge in [-0.05, 0) is 30.9 Å². The Hall–Kier alpha value is -0.960. The molecule has 1 rings (SSSR count). The quantitative estimate of drug-likeness (QED) is 0.650. The number of rotatable bonds is 3. The molecule has 0 heterocycles. The van der Waals surface area contributed by atoms with Gasteiger partial charge in [0.25, 0.3) is 0 Å². The van der Waals surface area contributed by atoms with Gasteiger partial charge in [-0.15, -0.1) is 0 Å². The molecule has 2 N–H and O–H groups in total. The fraction of sp³-hybridized carbons (Fsp3) is 0.444. The molecule has 0 aromatic heterocycles. The largest absolute Gasteiger partial charge is 0.321 e. The maximum Gasteiger partial charge on any atom is 0.137 e. The second-order valence-electron chi connectivity index (χ2n) is 2.86. The minimum atomic E-state index is -0.575. The average Bonchev–Trinajstić information content (AvgIpc) is 2.09. The van der Waals surface area contributed by atoms with Crippen molar-refractivity contribution in [1.29, 1.82) is 0 Å². The van der Waals surface area contributed by atoms with E-state index in [-0.39, 0.29) is 5.83 Å². The molecule has 2 nitrogen and oxygen atoms in total. The van der Waals surface area contributed by atoms with Crippen LogP contribution in [0.15, 0.2) is 23.6 Å². The van der Waals surface area contributed by atoms with Crippen LogP contribution in [0, 0.1) is 0 Å². The molecule has 0 radical (unpaired) electrons. The van der Waals surface area contributed by atoms with E-state index >= 15 is 0 Å². The lowest BCUT2D eigenvalue weighted by Crippen LogP contribution is -2.22. The van der Waals surface area contributed by atoms with Crippen LogP contribution in [-0.4, -0.2) is 12.3 Å². The first-order chi connectivity index (χ1) is 5.74. The summed E-state index contributed by atoms with van der Waals surface area (Å²) < 4.78 is 13.0. The Bertz CT molecular complexity index is 233. The van der Waals surface area contributed by atoms with Crippen LogP contribution in [-0.2, 0) is 4.79 Å². The van der Waals surface area contributed by atoms with Gasteiger partial charge in [0.05, 0.1) is 6.04 Å². The van der Waals surface area contributed by atoms with E-state index in [1.807, 2.05) is 0 Å². The van der Waals surface area contributed by atoms with Crippen LogP contribution in [0.1, 0.15) is 19.3 Å². The number of allylic oxidation sites excluding steroid dienone is 3. The van der Waals surface area contributed by atoms with Gasteiger partial charge in [-0.2, -0.15) is 0 Å². The van der Waals surface area contributed by atoms with Gasteiger partial charge in [0, 0.05) is 0 Å². The maximum atomic E-state index is 13.0. The van der Waals surface area contributed by atoms with E-state index in [1.165, 1.54) is 6.08 Å². The van der Waals surface area contributed by atoms with Gasteiger partial charge < -0.3 is 10.5 Å². The van der Waals surface area contributed by atoms with Crippen LogP contribution in [0.2, 0.25) is 0 Å². The molecule has 12 heavy (non-hydrogen) atoms. The SMILES string of the molecule is NC(C=O)CC1=CCCC=C1F. The molecule has 0 saturated heterocycles. The molecule has 1 unspecified atom stereocenters. The van der Waals surface area contributed by atoms with E-state index < -0.39 is 6.04 Å². The summed E-state index contributed by atoms with van der Waals surface area (Å²) in [7, 11) is 0. The van der Waals surface area contributed by atoms with Crippen molar-refractivity contribution in [3.63, 3.8) is 0 Å². The molecule has 0 aromatic carbocycles. The van der Waals surface area contributed by atoms with Crippen LogP contribution in [0.5, 0.6) is 0 Å². The number of hydrogen-bond donors (Lipinski definition) is 1. The topological polar surface area (TPSA) is 43.1 Å². The predicted octanol–water partition coefficient (Wildman–Crippen LogP) is 1.48. The fourth-order valence-electron chi connectivity index (χ4n) is 1.18. The number of nitrogens with two attached hydrogens (primary N) is 1. The molecule has 1 aliphatic carbocycles. The minimum absolute atomic E-state index is 0.224. The molecule has 0 spiro atoms. The standard InChI is InChI=1S/C9H12FNO/c10-9-4-2-1-3-7(9)5-8(11)6-12/h3-4,6,8H,1-2,5,11H2. The molecule has 66 valence electrons. The molecular weight excluding hydrogens is 157 g/mol. The summed E-state index contributed by atoms with van der Waals surface area (Å²) in [6.45, 7) is 0. The maximum absolute atomic E-state index is 13.0. The number of carbonyl (C=O) groups is 1. The molecule has 0 fully saturated rings. The zero-order chi connectivity index (χ0) is 8.97. The van der Waals surface area contributed by atoms with E-state index in [2.05, 4.69) is 0 Å². The van der Waals surface area contributed by atoms with E-state index in [0.29, 0.717) is 18.3 Å². The molecular formula is C9H12FNO. The van der Waals surface area contributed by atoms with Crippen LogP contribution >= 0.6 is 0 Å². The summed E-state index contributed by atoms with van der Waals surface area (Å²) in [5.41, 5.74) is 5.93. The highest BCUT2D eigenvalue weighted by atomic mass is 19.1. The van der Waals surface area contributed by atoms with Crippen molar-refractivity contribution in [3.05, 3.63) is 23.6 Å². The Morgan fingerprint density at radius 3 is 2.83 bits per heavy atom. The lowest BCUT2D eigenvalue weighted by Gasteiger charge is -2.10. The lowest BCUT2D eigenvalue weighted by molar-refractivity contribution is -0.108. The monoisotopic (exact) mass is 169 g/mol. The Morgan fingerprint density at radius 1 is 1.58 bits per heavy atom. The summed E-state index contributed by atoms with van der Waals surface area (Å²) in [4.78, 5) is 10.2. The molecule has 0 aromatic rings. The molecule has 0 bridgehead atoms. The first kappa shape index (κ1) is 9.13. The third-order valence-electron chi connectivity index (χ3n) is 1.82.